The fourth-order valence-electron chi connectivity index (χ4n) is 2.65. The molecular formula is C17H21Cl2N3OS. The van der Waals surface area contributed by atoms with E-state index in [1.807, 2.05) is 18.2 Å². The molecule has 1 aliphatic heterocycles. The zero-order valence-electron chi connectivity index (χ0n) is 13.8. The standard InChI is InChI=1S/C17H21Cl2N3OS/c1-11(2)16-20-17(24-21-16)22-7-5-13(6-8-22)23-10-12-3-4-14(18)15(19)9-12/h3-4,9,11,13H,5-8,10H2,1-2H3. The van der Waals surface area contributed by atoms with Crippen molar-refractivity contribution in [3.05, 3.63) is 39.6 Å². The molecule has 2 aromatic rings. The summed E-state index contributed by atoms with van der Waals surface area (Å²) in [5.41, 5.74) is 1.05. The second-order valence-electron chi connectivity index (χ2n) is 6.34. The van der Waals surface area contributed by atoms with Gasteiger partial charge in [0.05, 0.1) is 22.8 Å². The van der Waals surface area contributed by atoms with Gasteiger partial charge in [0, 0.05) is 30.5 Å². The van der Waals surface area contributed by atoms with E-state index >= 15 is 0 Å². The van der Waals surface area contributed by atoms with Crippen LogP contribution in [0.3, 0.4) is 0 Å². The maximum absolute atomic E-state index is 6.04. The normalized spacial score (nSPS) is 16.1. The molecule has 0 radical (unpaired) electrons. The lowest BCUT2D eigenvalue weighted by atomic mass is 10.1. The molecular weight excluding hydrogens is 365 g/mol. The highest BCUT2D eigenvalue weighted by atomic mass is 35.5. The van der Waals surface area contributed by atoms with E-state index in [1.54, 1.807) is 0 Å². The molecule has 1 aliphatic rings. The highest BCUT2D eigenvalue weighted by Gasteiger charge is 2.22. The highest BCUT2D eigenvalue weighted by Crippen LogP contribution is 2.26. The topological polar surface area (TPSA) is 38.2 Å². The van der Waals surface area contributed by atoms with Gasteiger partial charge in [0.15, 0.2) is 0 Å². The number of aromatic nitrogens is 2. The minimum atomic E-state index is 0.271. The van der Waals surface area contributed by atoms with Crippen molar-refractivity contribution in [2.24, 2.45) is 0 Å². The SMILES string of the molecule is CC(C)c1nsc(N2CCC(OCc3ccc(Cl)c(Cl)c3)CC2)n1. The summed E-state index contributed by atoms with van der Waals surface area (Å²) in [6.45, 7) is 6.72. The van der Waals surface area contributed by atoms with Crippen molar-refractivity contribution in [2.75, 3.05) is 18.0 Å². The van der Waals surface area contributed by atoms with Crippen LogP contribution in [0.25, 0.3) is 0 Å². The van der Waals surface area contributed by atoms with Crippen LogP contribution in [-0.4, -0.2) is 28.6 Å². The number of piperidine rings is 1. The summed E-state index contributed by atoms with van der Waals surface area (Å²) in [6.07, 6.45) is 2.27. The molecule has 24 heavy (non-hydrogen) atoms. The lowest BCUT2D eigenvalue weighted by Crippen LogP contribution is -2.37. The third-order valence-corrected chi connectivity index (χ3v) is 5.66. The van der Waals surface area contributed by atoms with Crippen LogP contribution < -0.4 is 4.90 Å². The molecule has 0 atom stereocenters. The molecule has 0 aliphatic carbocycles. The van der Waals surface area contributed by atoms with Crippen LogP contribution in [0.5, 0.6) is 0 Å². The monoisotopic (exact) mass is 385 g/mol. The van der Waals surface area contributed by atoms with Crippen molar-refractivity contribution in [2.45, 2.75) is 45.3 Å². The minimum absolute atomic E-state index is 0.271. The molecule has 2 heterocycles. The third-order valence-electron chi connectivity index (χ3n) is 4.13. The Bertz CT molecular complexity index is 684. The van der Waals surface area contributed by atoms with Crippen LogP contribution in [0.1, 0.15) is 44.0 Å². The van der Waals surface area contributed by atoms with Crippen molar-refractivity contribution in [3.8, 4) is 0 Å². The van der Waals surface area contributed by atoms with Gasteiger partial charge in [-0.2, -0.15) is 4.37 Å². The Kier molecular flexibility index (Phi) is 5.98. The van der Waals surface area contributed by atoms with Crippen molar-refractivity contribution >= 4 is 39.9 Å². The maximum Gasteiger partial charge on any atom is 0.205 e. The van der Waals surface area contributed by atoms with Gasteiger partial charge in [-0.1, -0.05) is 43.1 Å². The molecule has 4 nitrogen and oxygen atoms in total. The van der Waals surface area contributed by atoms with E-state index in [0.29, 0.717) is 22.6 Å². The molecule has 0 amide bonds. The van der Waals surface area contributed by atoms with Crippen LogP contribution in [0, 0.1) is 0 Å². The Morgan fingerprint density at radius 1 is 1.25 bits per heavy atom. The number of nitrogens with zero attached hydrogens (tertiary/aromatic N) is 3. The Morgan fingerprint density at radius 2 is 2.00 bits per heavy atom. The Hall–Kier alpha value is -0.880. The molecule has 0 N–H and O–H groups in total. The fraction of sp³-hybridized carbons (Fsp3) is 0.529. The van der Waals surface area contributed by atoms with E-state index in [9.17, 15) is 0 Å². The predicted octanol–water partition coefficient (Wildman–Crippen LogP) is 5.15. The first-order valence-corrected chi connectivity index (χ1v) is 9.70. The van der Waals surface area contributed by atoms with Gasteiger partial charge in [0.1, 0.15) is 5.82 Å². The fourth-order valence-corrected chi connectivity index (χ4v) is 3.83. The van der Waals surface area contributed by atoms with E-state index < -0.39 is 0 Å². The summed E-state index contributed by atoms with van der Waals surface area (Å²) in [5, 5.41) is 2.18. The Labute approximate surface area is 156 Å². The van der Waals surface area contributed by atoms with E-state index in [4.69, 9.17) is 27.9 Å². The Morgan fingerprint density at radius 3 is 2.62 bits per heavy atom. The van der Waals surface area contributed by atoms with Crippen LogP contribution in [0.2, 0.25) is 10.0 Å². The molecule has 0 saturated carbocycles. The average Bonchev–Trinajstić information content (AvgIpc) is 3.07. The van der Waals surface area contributed by atoms with Crippen molar-refractivity contribution < 1.29 is 4.74 Å². The van der Waals surface area contributed by atoms with Gasteiger partial charge in [0.25, 0.3) is 0 Å². The number of rotatable bonds is 5. The summed E-state index contributed by atoms with van der Waals surface area (Å²) >= 11 is 13.5. The lowest BCUT2D eigenvalue weighted by molar-refractivity contribution is 0.0251. The van der Waals surface area contributed by atoms with Gasteiger partial charge < -0.3 is 9.64 Å². The van der Waals surface area contributed by atoms with Gasteiger partial charge in [-0.3, -0.25) is 0 Å². The molecule has 0 unspecified atom stereocenters. The predicted molar refractivity (Wildman–Crippen MR) is 100 cm³/mol. The number of halogens is 2. The lowest BCUT2D eigenvalue weighted by Gasteiger charge is -2.31. The largest absolute Gasteiger partial charge is 0.373 e. The van der Waals surface area contributed by atoms with E-state index in [1.165, 1.54) is 11.5 Å². The van der Waals surface area contributed by atoms with Crippen LogP contribution in [0.4, 0.5) is 5.13 Å². The number of hydrogen-bond donors (Lipinski definition) is 0. The molecule has 3 rings (SSSR count). The van der Waals surface area contributed by atoms with Crippen molar-refractivity contribution in [1.82, 2.24) is 9.36 Å². The average molecular weight is 386 g/mol. The molecule has 130 valence electrons. The van der Waals surface area contributed by atoms with Gasteiger partial charge in [-0.05, 0) is 30.5 Å². The molecule has 1 saturated heterocycles. The first kappa shape index (κ1) is 17.9. The van der Waals surface area contributed by atoms with Crippen molar-refractivity contribution in [3.63, 3.8) is 0 Å². The summed E-state index contributed by atoms with van der Waals surface area (Å²) in [7, 11) is 0. The first-order chi connectivity index (χ1) is 11.5. The van der Waals surface area contributed by atoms with E-state index in [2.05, 4.69) is 28.1 Å². The van der Waals surface area contributed by atoms with Crippen LogP contribution in [-0.2, 0) is 11.3 Å². The number of anilines is 1. The smallest absolute Gasteiger partial charge is 0.205 e. The number of benzene rings is 1. The summed E-state index contributed by atoms with van der Waals surface area (Å²) in [4.78, 5) is 6.94. The Balaban J connectivity index is 1.48. The van der Waals surface area contributed by atoms with Gasteiger partial charge in [0.2, 0.25) is 5.13 Å². The second-order valence-corrected chi connectivity index (χ2v) is 7.88. The minimum Gasteiger partial charge on any atom is -0.373 e. The summed E-state index contributed by atoms with van der Waals surface area (Å²) in [6, 6.07) is 5.64. The molecule has 1 aromatic carbocycles. The van der Waals surface area contributed by atoms with Crippen LogP contribution in [0.15, 0.2) is 18.2 Å². The molecule has 1 aromatic heterocycles. The zero-order valence-corrected chi connectivity index (χ0v) is 16.2. The molecule has 0 spiro atoms. The quantitative estimate of drug-likeness (QED) is 0.712. The number of hydrogen-bond acceptors (Lipinski definition) is 5. The van der Waals surface area contributed by atoms with Crippen LogP contribution >= 0.6 is 34.7 Å². The van der Waals surface area contributed by atoms with Gasteiger partial charge >= 0.3 is 0 Å². The number of ether oxygens (including phenoxy) is 1. The zero-order chi connectivity index (χ0) is 17.1. The third kappa shape index (κ3) is 4.39. The van der Waals surface area contributed by atoms with E-state index in [0.717, 1.165) is 42.5 Å². The summed E-state index contributed by atoms with van der Waals surface area (Å²) in [5.74, 6) is 1.31. The second kappa shape index (κ2) is 8.00. The summed E-state index contributed by atoms with van der Waals surface area (Å²) < 4.78 is 10.5. The van der Waals surface area contributed by atoms with Gasteiger partial charge in [-0.15, -0.1) is 0 Å². The van der Waals surface area contributed by atoms with Gasteiger partial charge in [-0.25, -0.2) is 4.98 Å². The maximum atomic E-state index is 6.04. The molecule has 1 fully saturated rings. The molecule has 0 bridgehead atoms. The van der Waals surface area contributed by atoms with Crippen molar-refractivity contribution in [1.29, 1.82) is 0 Å². The first-order valence-electron chi connectivity index (χ1n) is 8.17. The van der Waals surface area contributed by atoms with E-state index in [-0.39, 0.29) is 6.10 Å². The highest BCUT2D eigenvalue weighted by molar-refractivity contribution is 7.09. The molecule has 7 heteroatoms.